The monoisotopic (exact) mass is 321 g/mol. The maximum absolute atomic E-state index is 12.1. The minimum absolute atomic E-state index is 0.0865. The van der Waals surface area contributed by atoms with Crippen LogP contribution in [0.2, 0.25) is 0 Å². The first-order valence-corrected chi connectivity index (χ1v) is 7.71. The van der Waals surface area contributed by atoms with Gasteiger partial charge in [0.25, 0.3) is 5.91 Å². The second kappa shape index (κ2) is 8.42. The smallest absolute Gasteiger partial charge is 0.270 e. The van der Waals surface area contributed by atoms with Gasteiger partial charge in [0.05, 0.1) is 0 Å². The molecule has 0 spiro atoms. The van der Waals surface area contributed by atoms with Gasteiger partial charge in [-0.15, -0.1) is 0 Å². The molecule has 1 aromatic heterocycles. The Bertz CT molecular complexity index is 544. The third-order valence-electron chi connectivity index (χ3n) is 3.75. The molecule has 0 unspecified atom stereocenters. The summed E-state index contributed by atoms with van der Waals surface area (Å²) in [5.74, 6) is 0.584. The summed E-state index contributed by atoms with van der Waals surface area (Å²) in [4.78, 5) is 35.6. The molecule has 1 fully saturated rings. The Kier molecular flexibility index (Phi) is 6.28. The molecular weight excluding hydrogens is 298 g/mol. The van der Waals surface area contributed by atoms with Crippen molar-refractivity contribution in [1.82, 2.24) is 20.2 Å². The Morgan fingerprint density at radius 1 is 1.26 bits per heavy atom. The predicted molar refractivity (Wildman–Crippen MR) is 85.3 cm³/mol. The number of nitrogens with one attached hydrogen (secondary N) is 1. The highest BCUT2D eigenvalue weighted by Gasteiger charge is 2.20. The summed E-state index contributed by atoms with van der Waals surface area (Å²) in [5.41, 5.74) is 0.349. The maximum atomic E-state index is 12.1. The summed E-state index contributed by atoms with van der Waals surface area (Å²) in [6.45, 7) is 5.46. The number of hydrogen-bond donors (Lipinski definition) is 1. The lowest BCUT2D eigenvalue weighted by Crippen LogP contribution is -2.48. The number of carbonyl (C=O) groups is 2. The SMILES string of the molecule is COCCCNC(=O)c1cc(N2CCN(C(C)=O)CC2)ncn1. The third kappa shape index (κ3) is 4.88. The number of anilines is 1. The molecule has 2 heterocycles. The van der Waals surface area contributed by atoms with Crippen molar-refractivity contribution >= 4 is 17.6 Å². The van der Waals surface area contributed by atoms with Gasteiger partial charge in [-0.2, -0.15) is 0 Å². The number of nitrogens with zero attached hydrogens (tertiary/aromatic N) is 4. The van der Waals surface area contributed by atoms with Crippen molar-refractivity contribution in [3.05, 3.63) is 18.1 Å². The molecule has 0 radical (unpaired) electrons. The van der Waals surface area contributed by atoms with Crippen LogP contribution >= 0.6 is 0 Å². The first-order valence-electron chi connectivity index (χ1n) is 7.71. The van der Waals surface area contributed by atoms with Crippen molar-refractivity contribution in [3.63, 3.8) is 0 Å². The van der Waals surface area contributed by atoms with E-state index in [0.29, 0.717) is 50.8 Å². The Balaban J connectivity index is 1.92. The van der Waals surface area contributed by atoms with Gasteiger partial charge in [0.15, 0.2) is 0 Å². The van der Waals surface area contributed by atoms with Gasteiger partial charge in [-0.05, 0) is 6.42 Å². The molecule has 1 N–H and O–H groups in total. The highest BCUT2D eigenvalue weighted by atomic mass is 16.5. The van der Waals surface area contributed by atoms with E-state index in [1.807, 2.05) is 0 Å². The average molecular weight is 321 g/mol. The van der Waals surface area contributed by atoms with Gasteiger partial charge in [-0.3, -0.25) is 9.59 Å². The van der Waals surface area contributed by atoms with Crippen molar-refractivity contribution < 1.29 is 14.3 Å². The Hall–Kier alpha value is -2.22. The fourth-order valence-corrected chi connectivity index (χ4v) is 2.40. The number of rotatable bonds is 6. The number of piperazine rings is 1. The van der Waals surface area contributed by atoms with Crippen LogP contribution in [-0.2, 0) is 9.53 Å². The third-order valence-corrected chi connectivity index (χ3v) is 3.75. The summed E-state index contributed by atoms with van der Waals surface area (Å²) >= 11 is 0. The van der Waals surface area contributed by atoms with Gasteiger partial charge in [0, 0.05) is 59.4 Å². The lowest BCUT2D eigenvalue weighted by molar-refractivity contribution is -0.129. The molecule has 2 rings (SSSR count). The van der Waals surface area contributed by atoms with E-state index < -0.39 is 0 Å². The molecule has 126 valence electrons. The predicted octanol–water partition coefficient (Wildman–Crippen LogP) is -0.0886. The summed E-state index contributed by atoms with van der Waals surface area (Å²) in [7, 11) is 1.63. The minimum Gasteiger partial charge on any atom is -0.385 e. The molecular formula is C15H23N5O3. The summed E-state index contributed by atoms with van der Waals surface area (Å²) in [6, 6.07) is 1.69. The topological polar surface area (TPSA) is 87.7 Å². The maximum Gasteiger partial charge on any atom is 0.270 e. The van der Waals surface area contributed by atoms with Crippen LogP contribution in [0.5, 0.6) is 0 Å². The van der Waals surface area contributed by atoms with Crippen LogP contribution in [0.25, 0.3) is 0 Å². The lowest BCUT2D eigenvalue weighted by Gasteiger charge is -2.34. The number of methoxy groups -OCH3 is 1. The average Bonchev–Trinajstić information content (AvgIpc) is 2.59. The molecule has 0 saturated carbocycles. The number of hydrogen-bond acceptors (Lipinski definition) is 6. The van der Waals surface area contributed by atoms with E-state index in [0.717, 1.165) is 6.42 Å². The van der Waals surface area contributed by atoms with Crippen LogP contribution in [-0.4, -0.2) is 73.1 Å². The van der Waals surface area contributed by atoms with Crippen LogP contribution in [0, 0.1) is 0 Å². The molecule has 0 bridgehead atoms. The van der Waals surface area contributed by atoms with E-state index in [4.69, 9.17) is 4.74 Å². The second-order valence-electron chi connectivity index (χ2n) is 5.36. The Labute approximate surface area is 135 Å². The van der Waals surface area contributed by atoms with Gasteiger partial charge >= 0.3 is 0 Å². The quantitative estimate of drug-likeness (QED) is 0.737. The number of ether oxygens (including phenoxy) is 1. The summed E-state index contributed by atoms with van der Waals surface area (Å²) in [5, 5.41) is 2.81. The van der Waals surface area contributed by atoms with Gasteiger partial charge in [-0.25, -0.2) is 9.97 Å². The minimum atomic E-state index is -0.216. The molecule has 0 aromatic carbocycles. The zero-order valence-corrected chi connectivity index (χ0v) is 13.6. The van der Waals surface area contributed by atoms with Crippen molar-refractivity contribution in [3.8, 4) is 0 Å². The molecule has 0 atom stereocenters. The summed E-state index contributed by atoms with van der Waals surface area (Å²) in [6.07, 6.45) is 2.16. The van der Waals surface area contributed by atoms with E-state index in [1.54, 1.807) is 25.0 Å². The van der Waals surface area contributed by atoms with E-state index >= 15 is 0 Å². The van der Waals surface area contributed by atoms with Crippen molar-refractivity contribution in [2.75, 3.05) is 51.3 Å². The highest BCUT2D eigenvalue weighted by molar-refractivity contribution is 5.92. The van der Waals surface area contributed by atoms with Crippen LogP contribution in [0.1, 0.15) is 23.8 Å². The zero-order valence-electron chi connectivity index (χ0n) is 13.6. The fourth-order valence-electron chi connectivity index (χ4n) is 2.40. The molecule has 1 saturated heterocycles. The van der Waals surface area contributed by atoms with Crippen molar-refractivity contribution in [2.24, 2.45) is 0 Å². The van der Waals surface area contributed by atoms with Crippen LogP contribution in [0.4, 0.5) is 5.82 Å². The molecule has 8 nitrogen and oxygen atoms in total. The normalized spacial score (nSPS) is 14.7. The standard InChI is InChI=1S/C15H23N5O3/c1-12(21)19-5-7-20(8-6-19)14-10-13(17-11-18-14)15(22)16-4-3-9-23-2/h10-11H,3-9H2,1-2H3,(H,16,22). The fraction of sp³-hybridized carbons (Fsp3) is 0.600. The molecule has 1 aliphatic heterocycles. The molecule has 1 aromatic rings. The number of amides is 2. The summed E-state index contributed by atoms with van der Waals surface area (Å²) < 4.78 is 4.94. The number of carbonyl (C=O) groups excluding carboxylic acids is 2. The zero-order chi connectivity index (χ0) is 16.7. The highest BCUT2D eigenvalue weighted by Crippen LogP contribution is 2.14. The van der Waals surface area contributed by atoms with E-state index in [1.165, 1.54) is 6.33 Å². The van der Waals surface area contributed by atoms with Gasteiger partial charge in [-0.1, -0.05) is 0 Å². The molecule has 0 aliphatic carbocycles. The van der Waals surface area contributed by atoms with Gasteiger partial charge < -0.3 is 19.9 Å². The van der Waals surface area contributed by atoms with Crippen molar-refractivity contribution in [2.45, 2.75) is 13.3 Å². The van der Waals surface area contributed by atoms with Crippen LogP contribution in [0.15, 0.2) is 12.4 Å². The Morgan fingerprint density at radius 2 is 2.00 bits per heavy atom. The van der Waals surface area contributed by atoms with E-state index in [2.05, 4.69) is 20.2 Å². The van der Waals surface area contributed by atoms with Gasteiger partial charge in [0.1, 0.15) is 17.8 Å². The molecule has 1 aliphatic rings. The van der Waals surface area contributed by atoms with Gasteiger partial charge in [0.2, 0.25) is 5.91 Å². The number of aromatic nitrogens is 2. The second-order valence-corrected chi connectivity index (χ2v) is 5.36. The largest absolute Gasteiger partial charge is 0.385 e. The first kappa shape index (κ1) is 17.1. The molecule has 23 heavy (non-hydrogen) atoms. The van der Waals surface area contributed by atoms with E-state index in [9.17, 15) is 9.59 Å². The van der Waals surface area contributed by atoms with Crippen molar-refractivity contribution in [1.29, 1.82) is 0 Å². The van der Waals surface area contributed by atoms with Crippen LogP contribution in [0.3, 0.4) is 0 Å². The molecule has 8 heteroatoms. The Morgan fingerprint density at radius 3 is 2.65 bits per heavy atom. The lowest BCUT2D eigenvalue weighted by atomic mass is 10.3. The van der Waals surface area contributed by atoms with E-state index in [-0.39, 0.29) is 11.8 Å². The van der Waals surface area contributed by atoms with Crippen LogP contribution < -0.4 is 10.2 Å². The first-order chi connectivity index (χ1) is 11.1. The molecule has 2 amide bonds.